The molecule has 6 heteroatoms. The summed E-state index contributed by atoms with van der Waals surface area (Å²) >= 11 is 5.63. The Bertz CT molecular complexity index is 421. The number of carbonyl (C=O) groups is 1. The highest BCUT2D eigenvalue weighted by Gasteiger charge is 2.16. The number of halogens is 2. The van der Waals surface area contributed by atoms with E-state index >= 15 is 0 Å². The molecular weight excluding hydrogens is 245 g/mol. The highest BCUT2D eigenvalue weighted by molar-refractivity contribution is 6.31. The zero-order valence-corrected chi connectivity index (χ0v) is 9.93. The Kier molecular flexibility index (Phi) is 3.81. The van der Waals surface area contributed by atoms with Crippen LogP contribution < -0.4 is 10.6 Å². The highest BCUT2D eigenvalue weighted by Crippen LogP contribution is 2.19. The van der Waals surface area contributed by atoms with Crippen molar-refractivity contribution in [1.29, 1.82) is 0 Å². The molecule has 92 valence electrons. The second-order valence-electron chi connectivity index (χ2n) is 3.80. The van der Waals surface area contributed by atoms with Crippen molar-refractivity contribution in [3.8, 4) is 0 Å². The van der Waals surface area contributed by atoms with Crippen molar-refractivity contribution >= 4 is 23.3 Å². The number of hydrogen-bond acceptors (Lipinski definition) is 2. The molecule has 1 fully saturated rings. The predicted octanol–water partition coefficient (Wildman–Crippen LogP) is 1.92. The van der Waals surface area contributed by atoms with Gasteiger partial charge in [0.1, 0.15) is 5.82 Å². The Labute approximate surface area is 104 Å². The molecule has 0 bridgehead atoms. The molecule has 0 saturated carbocycles. The van der Waals surface area contributed by atoms with Crippen molar-refractivity contribution in [2.75, 3.05) is 31.5 Å². The summed E-state index contributed by atoms with van der Waals surface area (Å²) in [6.07, 6.45) is 0. The van der Waals surface area contributed by atoms with Crippen LogP contribution in [0.3, 0.4) is 0 Å². The monoisotopic (exact) mass is 257 g/mol. The van der Waals surface area contributed by atoms with Gasteiger partial charge in [-0.2, -0.15) is 0 Å². The smallest absolute Gasteiger partial charge is 0.321 e. The second kappa shape index (κ2) is 5.33. The maximum Gasteiger partial charge on any atom is 0.321 e. The number of nitrogens with one attached hydrogen (secondary N) is 2. The number of piperazine rings is 1. The van der Waals surface area contributed by atoms with Crippen molar-refractivity contribution in [3.05, 3.63) is 29.0 Å². The first kappa shape index (κ1) is 12.1. The Morgan fingerprint density at radius 2 is 2.12 bits per heavy atom. The van der Waals surface area contributed by atoms with Gasteiger partial charge in [0.2, 0.25) is 0 Å². The minimum atomic E-state index is -0.494. The fourth-order valence-corrected chi connectivity index (χ4v) is 1.82. The average Bonchev–Trinajstić information content (AvgIpc) is 2.35. The molecule has 0 unspecified atom stereocenters. The lowest BCUT2D eigenvalue weighted by Gasteiger charge is -2.27. The number of nitrogens with zero attached hydrogens (tertiary/aromatic N) is 1. The Morgan fingerprint density at radius 1 is 1.41 bits per heavy atom. The van der Waals surface area contributed by atoms with E-state index in [9.17, 15) is 9.18 Å². The lowest BCUT2D eigenvalue weighted by molar-refractivity contribution is 0.204. The lowest BCUT2D eigenvalue weighted by Crippen LogP contribution is -2.48. The van der Waals surface area contributed by atoms with Crippen LogP contribution in [0, 0.1) is 5.82 Å². The zero-order valence-electron chi connectivity index (χ0n) is 9.17. The molecule has 1 heterocycles. The van der Waals surface area contributed by atoms with Crippen LogP contribution in [0.2, 0.25) is 5.02 Å². The van der Waals surface area contributed by atoms with Gasteiger partial charge in [0.15, 0.2) is 0 Å². The molecule has 1 aromatic carbocycles. The molecule has 0 radical (unpaired) electrons. The van der Waals surface area contributed by atoms with Crippen LogP contribution in [-0.4, -0.2) is 37.1 Å². The van der Waals surface area contributed by atoms with E-state index in [1.54, 1.807) is 4.90 Å². The van der Waals surface area contributed by atoms with E-state index in [2.05, 4.69) is 10.6 Å². The lowest BCUT2D eigenvalue weighted by atomic mass is 10.3. The summed E-state index contributed by atoms with van der Waals surface area (Å²) in [5, 5.41) is 5.85. The Morgan fingerprint density at radius 3 is 2.76 bits per heavy atom. The zero-order chi connectivity index (χ0) is 12.3. The van der Waals surface area contributed by atoms with Crippen LogP contribution in [0.1, 0.15) is 0 Å². The third-order valence-electron chi connectivity index (χ3n) is 2.58. The molecule has 2 N–H and O–H groups in total. The SMILES string of the molecule is O=C(Nc1ccc(F)c(Cl)c1)N1CCNCC1. The third kappa shape index (κ3) is 3.08. The third-order valence-corrected chi connectivity index (χ3v) is 2.86. The van der Waals surface area contributed by atoms with Gasteiger partial charge in [-0.15, -0.1) is 0 Å². The van der Waals surface area contributed by atoms with Gasteiger partial charge in [-0.1, -0.05) is 11.6 Å². The minimum absolute atomic E-state index is 0.00288. The van der Waals surface area contributed by atoms with Gasteiger partial charge < -0.3 is 15.5 Å². The fourth-order valence-electron chi connectivity index (χ4n) is 1.64. The van der Waals surface area contributed by atoms with E-state index in [1.165, 1.54) is 18.2 Å². The molecule has 0 spiro atoms. The molecule has 0 aliphatic carbocycles. The first-order chi connectivity index (χ1) is 8.16. The maximum atomic E-state index is 12.9. The Balaban J connectivity index is 1.99. The number of anilines is 1. The van der Waals surface area contributed by atoms with E-state index in [4.69, 9.17) is 11.6 Å². The topological polar surface area (TPSA) is 44.4 Å². The summed E-state index contributed by atoms with van der Waals surface area (Å²) in [7, 11) is 0. The number of benzene rings is 1. The average molecular weight is 258 g/mol. The molecule has 2 amide bonds. The van der Waals surface area contributed by atoms with E-state index in [1.807, 2.05) is 0 Å². The van der Waals surface area contributed by atoms with Gasteiger partial charge >= 0.3 is 6.03 Å². The van der Waals surface area contributed by atoms with Crippen LogP contribution in [0.25, 0.3) is 0 Å². The number of urea groups is 1. The first-order valence-corrected chi connectivity index (χ1v) is 5.76. The van der Waals surface area contributed by atoms with E-state index < -0.39 is 5.82 Å². The predicted molar refractivity (Wildman–Crippen MR) is 64.9 cm³/mol. The van der Waals surface area contributed by atoms with E-state index in [-0.39, 0.29) is 11.1 Å². The van der Waals surface area contributed by atoms with Crippen molar-refractivity contribution in [1.82, 2.24) is 10.2 Å². The minimum Gasteiger partial charge on any atom is -0.322 e. The largest absolute Gasteiger partial charge is 0.322 e. The summed E-state index contributed by atoms with van der Waals surface area (Å²) < 4.78 is 12.9. The van der Waals surface area contributed by atoms with Crippen molar-refractivity contribution in [2.45, 2.75) is 0 Å². The Hall–Kier alpha value is -1.33. The molecule has 1 saturated heterocycles. The second-order valence-corrected chi connectivity index (χ2v) is 4.20. The van der Waals surface area contributed by atoms with Crippen LogP contribution >= 0.6 is 11.6 Å². The van der Waals surface area contributed by atoms with E-state index in [0.29, 0.717) is 18.8 Å². The molecule has 0 aromatic heterocycles. The normalized spacial score (nSPS) is 15.8. The van der Waals surface area contributed by atoms with E-state index in [0.717, 1.165) is 13.1 Å². The molecule has 1 aliphatic heterocycles. The summed E-state index contributed by atoms with van der Waals surface area (Å²) in [6, 6.07) is 3.93. The summed E-state index contributed by atoms with van der Waals surface area (Å²) in [6.45, 7) is 2.91. The van der Waals surface area contributed by atoms with Gasteiger partial charge in [-0.25, -0.2) is 9.18 Å². The standard InChI is InChI=1S/C11H13ClFN3O/c12-9-7-8(1-2-10(9)13)15-11(17)16-5-3-14-4-6-16/h1-2,7,14H,3-6H2,(H,15,17). The van der Waals surface area contributed by atoms with Crippen molar-refractivity contribution in [2.24, 2.45) is 0 Å². The number of amides is 2. The van der Waals surface area contributed by atoms with Crippen molar-refractivity contribution in [3.63, 3.8) is 0 Å². The number of rotatable bonds is 1. The molecule has 2 rings (SSSR count). The quantitative estimate of drug-likeness (QED) is 0.807. The van der Waals surface area contributed by atoms with Gasteiger partial charge in [-0.3, -0.25) is 0 Å². The van der Waals surface area contributed by atoms with Crippen LogP contribution in [0.4, 0.5) is 14.9 Å². The summed E-state index contributed by atoms with van der Waals surface area (Å²) in [4.78, 5) is 13.5. The first-order valence-electron chi connectivity index (χ1n) is 5.38. The molecular formula is C11H13ClFN3O. The van der Waals surface area contributed by atoms with Crippen LogP contribution in [0.15, 0.2) is 18.2 Å². The van der Waals surface area contributed by atoms with Gasteiger partial charge in [-0.05, 0) is 18.2 Å². The highest BCUT2D eigenvalue weighted by atomic mass is 35.5. The maximum absolute atomic E-state index is 12.9. The fraction of sp³-hybridized carbons (Fsp3) is 0.364. The number of carbonyl (C=O) groups excluding carboxylic acids is 1. The van der Waals surface area contributed by atoms with Crippen molar-refractivity contribution < 1.29 is 9.18 Å². The van der Waals surface area contributed by atoms with Gasteiger partial charge in [0.25, 0.3) is 0 Å². The van der Waals surface area contributed by atoms with Gasteiger partial charge in [0.05, 0.1) is 5.02 Å². The summed E-state index contributed by atoms with van der Waals surface area (Å²) in [5.41, 5.74) is 0.500. The molecule has 4 nitrogen and oxygen atoms in total. The van der Waals surface area contributed by atoms with Gasteiger partial charge in [0, 0.05) is 31.9 Å². The molecule has 17 heavy (non-hydrogen) atoms. The summed E-state index contributed by atoms with van der Waals surface area (Å²) in [5.74, 6) is -0.494. The number of hydrogen-bond donors (Lipinski definition) is 2. The van der Waals surface area contributed by atoms with Crippen LogP contribution in [-0.2, 0) is 0 Å². The molecule has 1 aromatic rings. The van der Waals surface area contributed by atoms with Crippen LogP contribution in [0.5, 0.6) is 0 Å². The molecule has 1 aliphatic rings. The molecule has 0 atom stereocenters.